The smallest absolute Gasteiger partial charge is 0.270 e. The van der Waals surface area contributed by atoms with Crippen LogP contribution in [0.25, 0.3) is 0 Å². The van der Waals surface area contributed by atoms with Crippen LogP contribution in [0, 0.1) is 0 Å². The lowest BCUT2D eigenvalue weighted by atomic mass is 10.2. The van der Waals surface area contributed by atoms with Crippen LogP contribution in [0.3, 0.4) is 0 Å². The zero-order valence-corrected chi connectivity index (χ0v) is 12.8. The minimum absolute atomic E-state index is 0.125. The molecular weight excluding hydrogens is 306 g/mol. The first-order valence-corrected chi connectivity index (χ1v) is 8.01. The maximum Gasteiger partial charge on any atom is 0.270 e. The number of nitrogens with zero attached hydrogens (tertiary/aromatic N) is 2. The molecule has 0 aliphatic rings. The molecule has 0 saturated heterocycles. The maximum absolute atomic E-state index is 12.1. The van der Waals surface area contributed by atoms with E-state index in [2.05, 4.69) is 20.2 Å². The van der Waals surface area contributed by atoms with Gasteiger partial charge in [0, 0.05) is 20.1 Å². The zero-order valence-electron chi connectivity index (χ0n) is 11.1. The van der Waals surface area contributed by atoms with E-state index in [1.54, 1.807) is 0 Å². The highest BCUT2D eigenvalue weighted by molar-refractivity contribution is 7.91. The molecule has 1 aromatic rings. The van der Waals surface area contributed by atoms with E-state index in [0.29, 0.717) is 13.0 Å². The van der Waals surface area contributed by atoms with Gasteiger partial charge in [-0.1, -0.05) is 11.3 Å². The molecule has 0 saturated carbocycles. The molecule has 11 heteroatoms. The van der Waals surface area contributed by atoms with Gasteiger partial charge in [0.2, 0.25) is 15.4 Å². The first-order chi connectivity index (χ1) is 9.39. The standard InChI is InChI=1S/C9H17N5O4S2/c1-6(15)11-8-12-13-9(19-8)20(16,17)14-7(3-4-10)5-18-2/h7,14H,3-5,10H2,1-2H3,(H,11,12,15). The summed E-state index contributed by atoms with van der Waals surface area (Å²) in [5.74, 6) is -0.349. The molecule has 0 radical (unpaired) electrons. The van der Waals surface area contributed by atoms with Crippen molar-refractivity contribution >= 4 is 32.4 Å². The number of nitrogens with one attached hydrogen (secondary N) is 2. The first-order valence-electron chi connectivity index (χ1n) is 5.71. The van der Waals surface area contributed by atoms with E-state index in [0.717, 1.165) is 11.3 Å². The quantitative estimate of drug-likeness (QED) is 0.529. The van der Waals surface area contributed by atoms with Crippen molar-refractivity contribution in [1.82, 2.24) is 14.9 Å². The molecule has 1 rings (SSSR count). The van der Waals surface area contributed by atoms with Gasteiger partial charge in [-0.3, -0.25) is 4.79 Å². The fourth-order valence-corrected chi connectivity index (χ4v) is 3.59. The van der Waals surface area contributed by atoms with Crippen molar-refractivity contribution in [3.63, 3.8) is 0 Å². The van der Waals surface area contributed by atoms with Gasteiger partial charge in [-0.15, -0.1) is 10.2 Å². The van der Waals surface area contributed by atoms with Gasteiger partial charge in [-0.25, -0.2) is 13.1 Å². The molecule has 114 valence electrons. The molecule has 0 aliphatic carbocycles. The average molecular weight is 323 g/mol. The number of amides is 1. The van der Waals surface area contributed by atoms with Gasteiger partial charge >= 0.3 is 0 Å². The second-order valence-electron chi connectivity index (χ2n) is 3.91. The lowest BCUT2D eigenvalue weighted by Crippen LogP contribution is -2.39. The Morgan fingerprint density at radius 2 is 2.20 bits per heavy atom. The van der Waals surface area contributed by atoms with E-state index in [4.69, 9.17) is 10.5 Å². The molecule has 20 heavy (non-hydrogen) atoms. The number of anilines is 1. The van der Waals surface area contributed by atoms with Crippen LogP contribution in [0.4, 0.5) is 5.13 Å². The van der Waals surface area contributed by atoms with Crippen LogP contribution in [-0.4, -0.2) is 50.8 Å². The number of methoxy groups -OCH3 is 1. The summed E-state index contributed by atoms with van der Waals surface area (Å²) >= 11 is 0.770. The summed E-state index contributed by atoms with van der Waals surface area (Å²) < 4.78 is 31.3. The summed E-state index contributed by atoms with van der Waals surface area (Å²) in [5.41, 5.74) is 5.41. The number of aromatic nitrogens is 2. The molecule has 1 amide bonds. The van der Waals surface area contributed by atoms with Crippen molar-refractivity contribution in [2.75, 3.05) is 25.6 Å². The van der Waals surface area contributed by atoms with E-state index < -0.39 is 16.1 Å². The second kappa shape index (κ2) is 7.59. The summed E-state index contributed by atoms with van der Waals surface area (Å²) in [4.78, 5) is 10.9. The molecule has 1 aromatic heterocycles. The molecule has 1 atom stereocenters. The van der Waals surface area contributed by atoms with Crippen molar-refractivity contribution in [2.24, 2.45) is 5.73 Å². The molecular formula is C9H17N5O4S2. The normalized spacial score (nSPS) is 13.2. The van der Waals surface area contributed by atoms with Gasteiger partial charge in [0.05, 0.1) is 6.61 Å². The Bertz CT molecular complexity index is 538. The van der Waals surface area contributed by atoms with Crippen LogP contribution in [0.2, 0.25) is 0 Å². The van der Waals surface area contributed by atoms with Crippen molar-refractivity contribution in [3.05, 3.63) is 0 Å². The Hall–Kier alpha value is -1.14. The van der Waals surface area contributed by atoms with Crippen LogP contribution in [0.15, 0.2) is 4.34 Å². The molecule has 1 heterocycles. The maximum atomic E-state index is 12.1. The van der Waals surface area contributed by atoms with E-state index in [9.17, 15) is 13.2 Å². The summed E-state index contributed by atoms with van der Waals surface area (Å²) in [6.45, 7) is 1.82. The Morgan fingerprint density at radius 3 is 2.75 bits per heavy atom. The number of rotatable bonds is 8. The average Bonchev–Trinajstić information content (AvgIpc) is 2.77. The highest BCUT2D eigenvalue weighted by Gasteiger charge is 2.24. The van der Waals surface area contributed by atoms with Crippen molar-refractivity contribution in [3.8, 4) is 0 Å². The Balaban J connectivity index is 2.81. The van der Waals surface area contributed by atoms with Gasteiger partial charge < -0.3 is 15.8 Å². The van der Waals surface area contributed by atoms with Gasteiger partial charge in [0.25, 0.3) is 10.0 Å². The molecule has 1 unspecified atom stereocenters. The van der Waals surface area contributed by atoms with E-state index in [1.807, 2.05) is 0 Å². The Morgan fingerprint density at radius 1 is 1.50 bits per heavy atom. The number of sulfonamides is 1. The SMILES string of the molecule is COCC(CCN)NS(=O)(=O)c1nnc(NC(C)=O)s1. The Kier molecular flexibility index (Phi) is 6.42. The number of carbonyl (C=O) groups is 1. The number of carbonyl (C=O) groups excluding carboxylic acids is 1. The van der Waals surface area contributed by atoms with Crippen LogP contribution in [0.5, 0.6) is 0 Å². The minimum Gasteiger partial charge on any atom is -0.383 e. The lowest BCUT2D eigenvalue weighted by Gasteiger charge is -2.15. The third-order valence-corrected chi connectivity index (χ3v) is 4.85. The fourth-order valence-electron chi connectivity index (χ4n) is 1.37. The highest BCUT2D eigenvalue weighted by atomic mass is 32.2. The fraction of sp³-hybridized carbons (Fsp3) is 0.667. The van der Waals surface area contributed by atoms with Gasteiger partial charge in [0.1, 0.15) is 0 Å². The first kappa shape index (κ1) is 16.9. The molecule has 0 aromatic carbocycles. The third kappa shape index (κ3) is 5.09. The van der Waals surface area contributed by atoms with Gasteiger partial charge in [0.15, 0.2) is 0 Å². The van der Waals surface area contributed by atoms with Crippen molar-refractivity contribution in [2.45, 2.75) is 23.7 Å². The third-order valence-electron chi connectivity index (χ3n) is 2.12. The predicted molar refractivity (Wildman–Crippen MR) is 73.9 cm³/mol. The predicted octanol–water partition coefficient (Wildman–Crippen LogP) is -0.861. The van der Waals surface area contributed by atoms with Crippen molar-refractivity contribution < 1.29 is 17.9 Å². The lowest BCUT2D eigenvalue weighted by molar-refractivity contribution is -0.114. The number of hydrogen-bond donors (Lipinski definition) is 3. The van der Waals surface area contributed by atoms with Crippen LogP contribution >= 0.6 is 11.3 Å². The van der Waals surface area contributed by atoms with E-state index >= 15 is 0 Å². The summed E-state index contributed by atoms with van der Waals surface area (Å²) in [6, 6.07) is -0.442. The molecule has 0 bridgehead atoms. The Labute approximate surface area is 121 Å². The van der Waals surface area contributed by atoms with Gasteiger partial charge in [-0.2, -0.15) is 0 Å². The minimum atomic E-state index is -3.81. The molecule has 4 N–H and O–H groups in total. The molecule has 0 spiro atoms. The van der Waals surface area contributed by atoms with Crippen LogP contribution in [0.1, 0.15) is 13.3 Å². The summed E-state index contributed by atoms with van der Waals surface area (Å²) in [6.07, 6.45) is 0.435. The zero-order chi connectivity index (χ0) is 15.2. The topological polar surface area (TPSA) is 136 Å². The monoisotopic (exact) mass is 323 g/mol. The number of hydrogen-bond acceptors (Lipinski definition) is 8. The molecule has 0 aliphatic heterocycles. The van der Waals surface area contributed by atoms with Crippen LogP contribution in [-0.2, 0) is 19.6 Å². The molecule has 0 fully saturated rings. The highest BCUT2D eigenvalue weighted by Crippen LogP contribution is 2.20. The second-order valence-corrected chi connectivity index (χ2v) is 6.77. The van der Waals surface area contributed by atoms with E-state index in [1.165, 1.54) is 14.0 Å². The molecule has 9 nitrogen and oxygen atoms in total. The summed E-state index contributed by atoms with van der Waals surface area (Å²) in [5, 5.41) is 9.62. The van der Waals surface area contributed by atoms with Crippen molar-refractivity contribution in [1.29, 1.82) is 0 Å². The number of nitrogens with two attached hydrogens (primary N) is 1. The van der Waals surface area contributed by atoms with E-state index in [-0.39, 0.29) is 22.0 Å². The van der Waals surface area contributed by atoms with Crippen LogP contribution < -0.4 is 15.8 Å². The largest absolute Gasteiger partial charge is 0.383 e. The number of ether oxygens (including phenoxy) is 1. The summed E-state index contributed by atoms with van der Waals surface area (Å²) in [7, 11) is -2.34. The van der Waals surface area contributed by atoms with Gasteiger partial charge in [-0.05, 0) is 13.0 Å².